The Morgan fingerprint density at radius 3 is 2.45 bits per heavy atom. The number of aryl methyl sites for hydroxylation is 1. The van der Waals surface area contributed by atoms with Crippen LogP contribution in [0.3, 0.4) is 0 Å². The summed E-state index contributed by atoms with van der Waals surface area (Å²) in [6.07, 6.45) is 4.05. The van der Waals surface area contributed by atoms with Gasteiger partial charge in [-0.05, 0) is 61.3 Å². The second-order valence-corrected chi connectivity index (χ2v) is 9.41. The van der Waals surface area contributed by atoms with Crippen LogP contribution in [0.1, 0.15) is 47.9 Å². The first-order valence-corrected chi connectivity index (χ1v) is 11.8. The van der Waals surface area contributed by atoms with Crippen LogP contribution in [0.25, 0.3) is 0 Å². The van der Waals surface area contributed by atoms with Gasteiger partial charge < -0.3 is 14.8 Å². The summed E-state index contributed by atoms with van der Waals surface area (Å²) in [6, 6.07) is 8.18. The molecular weight excluding hydrogens is 461 g/mol. The molecule has 1 aliphatic heterocycles. The minimum Gasteiger partial charge on any atom is -0.495 e. The molecule has 176 valence electrons. The van der Waals surface area contributed by atoms with Crippen LogP contribution < -0.4 is 25.6 Å². The average Bonchev–Trinajstić information content (AvgIpc) is 3.22. The summed E-state index contributed by atoms with van der Waals surface area (Å²) in [6.45, 7) is 5.58. The Bertz CT molecular complexity index is 1050. The molecule has 0 bridgehead atoms. The normalized spacial score (nSPS) is 24.2. The van der Waals surface area contributed by atoms with Crippen molar-refractivity contribution in [3.8, 4) is 11.5 Å². The van der Waals surface area contributed by atoms with Crippen molar-refractivity contribution in [1.82, 2.24) is 10.9 Å². The molecule has 1 saturated carbocycles. The predicted molar refractivity (Wildman–Crippen MR) is 132 cm³/mol. The number of hydrogen-bond acceptors (Lipinski definition) is 5. The highest BCUT2D eigenvalue weighted by Gasteiger charge is 2.43. The summed E-state index contributed by atoms with van der Waals surface area (Å²) in [5.41, 5.74) is 10.8. The third kappa shape index (κ3) is 4.58. The van der Waals surface area contributed by atoms with Gasteiger partial charge in [0.1, 0.15) is 11.5 Å². The molecule has 1 heterocycles. The molecule has 1 aliphatic carbocycles. The zero-order chi connectivity index (χ0) is 23.7. The Hall–Kier alpha value is -2.25. The van der Waals surface area contributed by atoms with Crippen LogP contribution in [0, 0.1) is 12.8 Å². The van der Waals surface area contributed by atoms with E-state index >= 15 is 0 Å². The van der Waals surface area contributed by atoms with Crippen molar-refractivity contribution in [2.24, 2.45) is 5.92 Å². The second-order valence-electron chi connectivity index (χ2n) is 8.65. The molecule has 1 saturated heterocycles. The van der Waals surface area contributed by atoms with Gasteiger partial charge in [-0.15, -0.1) is 0 Å². The summed E-state index contributed by atoms with van der Waals surface area (Å²) in [5, 5.41) is 4.05. The van der Waals surface area contributed by atoms with Crippen molar-refractivity contribution in [1.29, 1.82) is 0 Å². The van der Waals surface area contributed by atoms with E-state index < -0.39 is 0 Å². The lowest BCUT2D eigenvalue weighted by atomic mass is 9.72. The Morgan fingerprint density at radius 1 is 1.12 bits per heavy atom. The maximum Gasteiger partial charge on any atom is 0.247 e. The first-order chi connectivity index (χ1) is 15.9. The summed E-state index contributed by atoms with van der Waals surface area (Å²) < 4.78 is 10.9. The molecular formula is C25H29Cl2N3O3. The number of anilines is 1. The molecule has 4 atom stereocenters. The number of rotatable bonds is 6. The van der Waals surface area contributed by atoms with Gasteiger partial charge in [-0.2, -0.15) is 0 Å². The molecule has 0 aromatic heterocycles. The van der Waals surface area contributed by atoms with Gasteiger partial charge in [0.2, 0.25) is 5.91 Å². The topological polar surface area (TPSA) is 71.6 Å². The molecule has 2 aliphatic rings. The highest BCUT2D eigenvalue weighted by atomic mass is 35.5. The van der Waals surface area contributed by atoms with Gasteiger partial charge in [0, 0.05) is 23.4 Å². The maximum atomic E-state index is 12.0. The van der Waals surface area contributed by atoms with Crippen molar-refractivity contribution >= 4 is 34.8 Å². The van der Waals surface area contributed by atoms with E-state index in [-0.39, 0.29) is 23.9 Å². The van der Waals surface area contributed by atoms with Crippen LogP contribution in [-0.4, -0.2) is 26.2 Å². The van der Waals surface area contributed by atoms with Crippen molar-refractivity contribution < 1.29 is 14.3 Å². The molecule has 33 heavy (non-hydrogen) atoms. The lowest BCUT2D eigenvalue weighted by Crippen LogP contribution is -2.35. The number of nitrogens with one attached hydrogen (secondary N) is 3. The molecule has 3 unspecified atom stereocenters. The SMILES string of the molecule is C=CC(=O)Nc1cc(C)ccc1C1NNC2C[C@@H](c3c(Cl)c(OC)cc(OC)c3Cl)CCC21. The van der Waals surface area contributed by atoms with E-state index in [1.807, 2.05) is 13.0 Å². The fourth-order valence-electron chi connectivity index (χ4n) is 5.13. The van der Waals surface area contributed by atoms with Gasteiger partial charge >= 0.3 is 0 Å². The van der Waals surface area contributed by atoms with Crippen LogP contribution in [-0.2, 0) is 4.79 Å². The molecule has 1 amide bonds. The quantitative estimate of drug-likeness (QED) is 0.464. The van der Waals surface area contributed by atoms with Gasteiger partial charge in [0.05, 0.1) is 30.3 Å². The monoisotopic (exact) mass is 489 g/mol. The molecule has 3 N–H and O–H groups in total. The number of hydrazine groups is 1. The van der Waals surface area contributed by atoms with Gasteiger partial charge in [-0.1, -0.05) is 41.9 Å². The molecule has 2 aromatic rings. The van der Waals surface area contributed by atoms with Crippen molar-refractivity contribution in [3.63, 3.8) is 0 Å². The van der Waals surface area contributed by atoms with Gasteiger partial charge in [0.25, 0.3) is 0 Å². The summed E-state index contributed by atoms with van der Waals surface area (Å²) in [7, 11) is 3.18. The van der Waals surface area contributed by atoms with Crippen molar-refractivity contribution in [2.45, 2.75) is 44.2 Å². The standard InChI is InChI=1S/C25H29Cl2N3O3/c1-5-21(31)28-17-10-13(2)6-8-15(17)25-16-9-7-14(11-18(16)29-30-25)22-23(26)19(32-3)12-20(33-4)24(22)27/h5-6,8,10,12,14,16,18,25,29-30H,1,7,9,11H2,2-4H3,(H,28,31)/t14-,16?,18?,25?/m0/s1. The van der Waals surface area contributed by atoms with Gasteiger partial charge in [0.15, 0.2) is 0 Å². The number of amides is 1. The van der Waals surface area contributed by atoms with E-state index in [0.29, 0.717) is 27.5 Å². The van der Waals surface area contributed by atoms with E-state index in [4.69, 9.17) is 32.7 Å². The molecule has 6 nitrogen and oxygen atoms in total. The average molecular weight is 490 g/mol. The third-order valence-corrected chi connectivity index (χ3v) is 7.54. The lowest BCUT2D eigenvalue weighted by Gasteiger charge is -2.34. The smallest absolute Gasteiger partial charge is 0.247 e. The first-order valence-electron chi connectivity index (χ1n) is 11.0. The van der Waals surface area contributed by atoms with Gasteiger partial charge in [-0.25, -0.2) is 5.43 Å². The minimum atomic E-state index is -0.218. The van der Waals surface area contributed by atoms with E-state index in [1.165, 1.54) is 6.08 Å². The Labute approximate surface area is 204 Å². The second kappa shape index (κ2) is 9.94. The number of halogens is 2. The van der Waals surface area contributed by atoms with Crippen LogP contribution >= 0.6 is 23.2 Å². The minimum absolute atomic E-state index is 0.0717. The Morgan fingerprint density at radius 2 is 1.82 bits per heavy atom. The number of methoxy groups -OCH3 is 2. The largest absolute Gasteiger partial charge is 0.495 e. The summed E-state index contributed by atoms with van der Waals surface area (Å²) in [4.78, 5) is 12.0. The number of ether oxygens (including phenoxy) is 2. The number of carbonyl (C=O) groups is 1. The molecule has 0 spiro atoms. The lowest BCUT2D eigenvalue weighted by molar-refractivity contribution is -0.111. The highest BCUT2D eigenvalue weighted by Crippen LogP contribution is 2.51. The van der Waals surface area contributed by atoms with E-state index in [2.05, 4.69) is 34.9 Å². The van der Waals surface area contributed by atoms with E-state index in [0.717, 1.165) is 41.6 Å². The number of hydrogen-bond donors (Lipinski definition) is 3. The zero-order valence-corrected chi connectivity index (χ0v) is 20.5. The maximum absolute atomic E-state index is 12.0. The van der Waals surface area contributed by atoms with Crippen LogP contribution in [0.4, 0.5) is 5.69 Å². The van der Waals surface area contributed by atoms with Crippen molar-refractivity contribution in [2.75, 3.05) is 19.5 Å². The van der Waals surface area contributed by atoms with E-state index in [9.17, 15) is 4.79 Å². The number of benzene rings is 2. The zero-order valence-electron chi connectivity index (χ0n) is 19.0. The van der Waals surface area contributed by atoms with Crippen molar-refractivity contribution in [3.05, 3.63) is 63.7 Å². The fraction of sp³-hybridized carbons (Fsp3) is 0.400. The highest BCUT2D eigenvalue weighted by molar-refractivity contribution is 6.38. The van der Waals surface area contributed by atoms with Crippen LogP contribution in [0.2, 0.25) is 10.0 Å². The summed E-state index contributed by atoms with van der Waals surface area (Å²) >= 11 is 13.4. The first kappa shape index (κ1) is 23.9. The molecule has 2 aromatic carbocycles. The van der Waals surface area contributed by atoms with Crippen LogP contribution in [0.5, 0.6) is 11.5 Å². The fourth-order valence-corrected chi connectivity index (χ4v) is 5.94. The van der Waals surface area contributed by atoms with Crippen LogP contribution in [0.15, 0.2) is 36.9 Å². The third-order valence-electron chi connectivity index (χ3n) is 6.76. The number of carbonyl (C=O) groups excluding carboxylic acids is 1. The predicted octanol–water partition coefficient (Wildman–Crippen LogP) is 5.54. The molecule has 8 heteroatoms. The molecule has 4 rings (SSSR count). The van der Waals surface area contributed by atoms with E-state index in [1.54, 1.807) is 20.3 Å². The summed E-state index contributed by atoms with van der Waals surface area (Å²) in [5.74, 6) is 1.43. The number of fused-ring (bicyclic) bond motifs is 1. The molecule has 2 fully saturated rings. The Kier molecular flexibility index (Phi) is 7.19. The Balaban J connectivity index is 1.60. The molecule has 0 radical (unpaired) electrons. The van der Waals surface area contributed by atoms with Gasteiger partial charge in [-0.3, -0.25) is 10.2 Å².